The molecule has 2 aromatic carbocycles. The zero-order chi connectivity index (χ0) is 22.5. The Labute approximate surface area is 176 Å². The molecule has 0 saturated heterocycles. The van der Waals surface area contributed by atoms with E-state index in [9.17, 15) is 22.8 Å². The van der Waals surface area contributed by atoms with Gasteiger partial charge in [-0.05, 0) is 43.7 Å². The SMILES string of the molecule is COc1ccc(Oc2ccc(CNC(=O)C(C)(C)NC(=O)C(F)(F)F)cc2)c(Cl)c1. The monoisotopic (exact) mass is 444 g/mol. The number of ether oxygens (including phenoxy) is 2. The van der Waals surface area contributed by atoms with Crippen LogP contribution in [0.1, 0.15) is 19.4 Å². The zero-order valence-corrected chi connectivity index (χ0v) is 17.1. The van der Waals surface area contributed by atoms with Crippen molar-refractivity contribution in [2.75, 3.05) is 7.11 Å². The van der Waals surface area contributed by atoms with Crippen LogP contribution in [0.25, 0.3) is 0 Å². The molecule has 10 heteroatoms. The number of halogens is 4. The summed E-state index contributed by atoms with van der Waals surface area (Å²) in [5.41, 5.74) is -1.06. The van der Waals surface area contributed by atoms with E-state index in [2.05, 4.69) is 5.32 Å². The highest BCUT2D eigenvalue weighted by Gasteiger charge is 2.43. The predicted molar refractivity (Wildman–Crippen MR) is 105 cm³/mol. The fraction of sp³-hybridized carbons (Fsp3) is 0.300. The third kappa shape index (κ3) is 6.28. The first kappa shape index (κ1) is 23.3. The molecule has 2 aromatic rings. The van der Waals surface area contributed by atoms with Crippen molar-refractivity contribution >= 4 is 23.4 Å². The van der Waals surface area contributed by atoms with E-state index in [1.165, 1.54) is 21.0 Å². The van der Waals surface area contributed by atoms with Crippen LogP contribution in [0.15, 0.2) is 42.5 Å². The summed E-state index contributed by atoms with van der Waals surface area (Å²) < 4.78 is 47.9. The molecule has 0 heterocycles. The second kappa shape index (κ2) is 9.25. The molecule has 0 aliphatic carbocycles. The molecule has 0 aliphatic heterocycles. The summed E-state index contributed by atoms with van der Waals surface area (Å²) in [5, 5.41) is 4.52. The van der Waals surface area contributed by atoms with Crippen molar-refractivity contribution in [1.29, 1.82) is 0 Å². The average molecular weight is 445 g/mol. The zero-order valence-electron chi connectivity index (χ0n) is 16.4. The van der Waals surface area contributed by atoms with Crippen molar-refractivity contribution in [2.24, 2.45) is 0 Å². The van der Waals surface area contributed by atoms with Crippen LogP contribution in [0.3, 0.4) is 0 Å². The van der Waals surface area contributed by atoms with Crippen LogP contribution in [-0.2, 0) is 16.1 Å². The van der Waals surface area contributed by atoms with Crippen molar-refractivity contribution in [2.45, 2.75) is 32.1 Å². The van der Waals surface area contributed by atoms with Gasteiger partial charge in [0.1, 0.15) is 22.8 Å². The smallest absolute Gasteiger partial charge is 0.471 e. The van der Waals surface area contributed by atoms with E-state index in [1.807, 2.05) is 0 Å². The summed E-state index contributed by atoms with van der Waals surface area (Å²) in [5.74, 6) is -1.42. The predicted octanol–water partition coefficient (Wildman–Crippen LogP) is 4.21. The highest BCUT2D eigenvalue weighted by molar-refractivity contribution is 6.32. The molecular formula is C20H20ClF3N2O4. The standard InChI is InChI=1S/C20H20ClF3N2O4/c1-19(2,26-18(28)20(22,23)24)17(27)25-11-12-4-6-13(7-5-12)30-16-9-8-14(29-3)10-15(16)21/h4-10H,11H2,1-3H3,(H,25,27)(H,26,28). The van der Waals surface area contributed by atoms with Crippen molar-refractivity contribution in [3.63, 3.8) is 0 Å². The van der Waals surface area contributed by atoms with E-state index in [-0.39, 0.29) is 6.54 Å². The molecule has 6 nitrogen and oxygen atoms in total. The number of amides is 2. The molecule has 0 atom stereocenters. The Kier molecular flexibility index (Phi) is 7.20. The number of carbonyl (C=O) groups excluding carboxylic acids is 2. The first-order valence-electron chi connectivity index (χ1n) is 8.70. The van der Waals surface area contributed by atoms with Crippen molar-refractivity contribution in [3.05, 3.63) is 53.1 Å². The minimum absolute atomic E-state index is 0.0493. The number of rotatable bonds is 7. The minimum Gasteiger partial charge on any atom is -0.497 e. The van der Waals surface area contributed by atoms with Gasteiger partial charge in [-0.2, -0.15) is 13.2 Å². The Morgan fingerprint density at radius 2 is 1.60 bits per heavy atom. The number of methoxy groups -OCH3 is 1. The third-order valence-electron chi connectivity index (χ3n) is 3.99. The highest BCUT2D eigenvalue weighted by Crippen LogP contribution is 2.32. The molecule has 0 spiro atoms. The van der Waals surface area contributed by atoms with E-state index in [4.69, 9.17) is 21.1 Å². The molecule has 0 fully saturated rings. The molecule has 0 bridgehead atoms. The van der Waals surface area contributed by atoms with Crippen LogP contribution in [0.2, 0.25) is 5.02 Å². The molecule has 162 valence electrons. The molecule has 0 saturated carbocycles. The first-order chi connectivity index (χ1) is 13.9. The fourth-order valence-corrected chi connectivity index (χ4v) is 2.52. The second-order valence-corrected chi connectivity index (χ2v) is 7.21. The molecule has 30 heavy (non-hydrogen) atoms. The third-order valence-corrected chi connectivity index (χ3v) is 4.29. The van der Waals surface area contributed by atoms with Crippen LogP contribution in [0.4, 0.5) is 13.2 Å². The van der Waals surface area contributed by atoms with Crippen LogP contribution >= 0.6 is 11.6 Å². The normalized spacial score (nSPS) is 11.6. The number of hydrogen-bond acceptors (Lipinski definition) is 4. The maximum absolute atomic E-state index is 12.4. The summed E-state index contributed by atoms with van der Waals surface area (Å²) in [6, 6.07) is 11.6. The van der Waals surface area contributed by atoms with Crippen molar-refractivity contribution in [1.82, 2.24) is 10.6 Å². The summed E-state index contributed by atoms with van der Waals surface area (Å²) in [6.07, 6.45) is -5.07. The molecule has 0 radical (unpaired) electrons. The molecule has 0 aromatic heterocycles. The topological polar surface area (TPSA) is 76.7 Å². The minimum atomic E-state index is -5.07. The van der Waals surface area contributed by atoms with Crippen LogP contribution < -0.4 is 20.1 Å². The average Bonchev–Trinajstić information content (AvgIpc) is 2.67. The van der Waals surface area contributed by atoms with Crippen LogP contribution in [0, 0.1) is 0 Å². The number of alkyl halides is 3. The lowest BCUT2D eigenvalue weighted by Crippen LogP contribution is -2.57. The molecule has 0 unspecified atom stereocenters. The van der Waals surface area contributed by atoms with E-state index in [1.54, 1.807) is 47.8 Å². The van der Waals surface area contributed by atoms with Gasteiger partial charge in [0.15, 0.2) is 0 Å². The maximum Gasteiger partial charge on any atom is 0.471 e. The Morgan fingerprint density at radius 1 is 1.00 bits per heavy atom. The van der Waals surface area contributed by atoms with Gasteiger partial charge in [-0.1, -0.05) is 23.7 Å². The lowest BCUT2D eigenvalue weighted by Gasteiger charge is -2.25. The van der Waals surface area contributed by atoms with Crippen molar-refractivity contribution < 1.29 is 32.2 Å². The number of carbonyl (C=O) groups is 2. The first-order valence-corrected chi connectivity index (χ1v) is 9.08. The molecule has 2 amide bonds. The lowest BCUT2D eigenvalue weighted by molar-refractivity contribution is -0.176. The molecular weight excluding hydrogens is 425 g/mol. The number of hydrogen-bond donors (Lipinski definition) is 2. The largest absolute Gasteiger partial charge is 0.497 e. The van der Waals surface area contributed by atoms with E-state index in [0.29, 0.717) is 27.8 Å². The van der Waals surface area contributed by atoms with Gasteiger partial charge in [0, 0.05) is 12.6 Å². The van der Waals surface area contributed by atoms with Crippen molar-refractivity contribution in [3.8, 4) is 17.2 Å². The van der Waals surface area contributed by atoms with Gasteiger partial charge < -0.3 is 20.1 Å². The molecule has 2 rings (SSSR count). The van der Waals surface area contributed by atoms with Gasteiger partial charge in [0.05, 0.1) is 12.1 Å². The summed E-state index contributed by atoms with van der Waals surface area (Å²) in [4.78, 5) is 23.2. The quantitative estimate of drug-likeness (QED) is 0.670. The van der Waals surface area contributed by atoms with Gasteiger partial charge in [0.25, 0.3) is 0 Å². The summed E-state index contributed by atoms with van der Waals surface area (Å²) in [7, 11) is 1.52. The summed E-state index contributed by atoms with van der Waals surface area (Å²) >= 11 is 6.13. The Balaban J connectivity index is 1.94. The Hall–Kier alpha value is -2.94. The van der Waals surface area contributed by atoms with E-state index in [0.717, 1.165) is 0 Å². The lowest BCUT2D eigenvalue weighted by atomic mass is 10.0. The van der Waals surface area contributed by atoms with Crippen LogP contribution in [-0.4, -0.2) is 30.6 Å². The van der Waals surface area contributed by atoms with Gasteiger partial charge in [-0.15, -0.1) is 0 Å². The summed E-state index contributed by atoms with van der Waals surface area (Å²) in [6.45, 7) is 2.41. The number of nitrogens with one attached hydrogen (secondary N) is 2. The second-order valence-electron chi connectivity index (χ2n) is 6.80. The molecule has 0 aliphatic rings. The van der Waals surface area contributed by atoms with Gasteiger partial charge in [-0.25, -0.2) is 0 Å². The van der Waals surface area contributed by atoms with Gasteiger partial charge in [0.2, 0.25) is 5.91 Å². The van der Waals surface area contributed by atoms with E-state index < -0.39 is 23.5 Å². The van der Waals surface area contributed by atoms with Crippen LogP contribution in [0.5, 0.6) is 17.2 Å². The Bertz CT molecular complexity index is 915. The maximum atomic E-state index is 12.4. The van der Waals surface area contributed by atoms with Gasteiger partial charge in [-0.3, -0.25) is 9.59 Å². The van der Waals surface area contributed by atoms with E-state index >= 15 is 0 Å². The fourth-order valence-electron chi connectivity index (χ4n) is 2.31. The van der Waals surface area contributed by atoms with Gasteiger partial charge >= 0.3 is 12.1 Å². The number of benzene rings is 2. The molecule has 2 N–H and O–H groups in total. The Morgan fingerprint density at radius 3 is 2.13 bits per heavy atom. The highest BCUT2D eigenvalue weighted by atomic mass is 35.5.